The molecule has 0 fully saturated rings. The molecule has 12 heavy (non-hydrogen) atoms. The molecule has 0 bridgehead atoms. The topological polar surface area (TPSA) is 72.0 Å². The summed E-state index contributed by atoms with van der Waals surface area (Å²) in [7, 11) is 0. The summed E-state index contributed by atoms with van der Waals surface area (Å²) in [6, 6.07) is 0. The Hall–Kier alpha value is -1.27. The second kappa shape index (κ2) is 3.00. The highest BCUT2D eigenvalue weighted by molar-refractivity contribution is 7.07. The molecule has 2 rings (SSSR count). The Morgan fingerprint density at radius 1 is 1.58 bits per heavy atom. The maximum absolute atomic E-state index is 8.63. The van der Waals surface area contributed by atoms with Gasteiger partial charge in [0.15, 0.2) is 0 Å². The van der Waals surface area contributed by atoms with Gasteiger partial charge in [-0.05, 0) is 0 Å². The first kappa shape index (κ1) is 7.38. The Balaban J connectivity index is 2.35. The maximum Gasteiger partial charge on any atom is 0.252 e. The number of thiazole rings is 1. The summed E-state index contributed by atoms with van der Waals surface area (Å²) < 4.78 is 4.69. The average Bonchev–Trinajstić information content (AvgIpc) is 2.75. The molecular formula is C6H5N3O2S. The Morgan fingerprint density at radius 3 is 3.08 bits per heavy atom. The Kier molecular flexibility index (Phi) is 1.84. The maximum atomic E-state index is 8.63. The fraction of sp³-hybridized carbons (Fsp3) is 0.167. The molecule has 6 heteroatoms. The summed E-state index contributed by atoms with van der Waals surface area (Å²) in [6.07, 6.45) is 0. The predicted octanol–water partition coefficient (Wildman–Crippen LogP) is 0.685. The summed E-state index contributed by atoms with van der Waals surface area (Å²) in [4.78, 5) is 7.87. The number of nitrogens with zero attached hydrogens (tertiary/aromatic N) is 3. The van der Waals surface area contributed by atoms with E-state index in [-0.39, 0.29) is 12.5 Å². The molecule has 0 amide bonds. The lowest BCUT2D eigenvalue weighted by atomic mass is 10.5. The lowest BCUT2D eigenvalue weighted by Gasteiger charge is -1.80. The van der Waals surface area contributed by atoms with Gasteiger partial charge in [-0.15, -0.1) is 11.3 Å². The molecule has 0 atom stereocenters. The number of aromatic nitrogens is 3. The first-order valence-electron chi connectivity index (χ1n) is 3.22. The van der Waals surface area contributed by atoms with E-state index in [9.17, 15) is 0 Å². The van der Waals surface area contributed by atoms with Crippen molar-refractivity contribution < 1.29 is 9.63 Å². The number of hydrogen-bond acceptors (Lipinski definition) is 6. The van der Waals surface area contributed by atoms with Crippen LogP contribution in [0.4, 0.5) is 0 Å². The minimum Gasteiger partial charge on any atom is -0.387 e. The van der Waals surface area contributed by atoms with Gasteiger partial charge in [0.05, 0.1) is 5.51 Å². The molecule has 0 aliphatic rings. The molecule has 5 nitrogen and oxygen atoms in total. The van der Waals surface area contributed by atoms with E-state index in [1.54, 1.807) is 5.51 Å². The van der Waals surface area contributed by atoms with Gasteiger partial charge in [-0.3, -0.25) is 0 Å². The van der Waals surface area contributed by atoms with E-state index in [2.05, 4.69) is 15.1 Å². The lowest BCUT2D eigenvalue weighted by molar-refractivity contribution is 0.222. The van der Waals surface area contributed by atoms with E-state index in [1.165, 1.54) is 11.3 Å². The minimum atomic E-state index is -0.239. The Morgan fingerprint density at radius 2 is 2.50 bits per heavy atom. The fourth-order valence-electron chi connectivity index (χ4n) is 0.746. The van der Waals surface area contributed by atoms with Crippen molar-refractivity contribution in [2.24, 2.45) is 0 Å². The SMILES string of the molecule is OCc1nc(-c2cscn2)no1. The second-order valence-corrected chi connectivity index (χ2v) is 2.76. The van der Waals surface area contributed by atoms with E-state index in [0.29, 0.717) is 11.5 Å². The number of rotatable bonds is 2. The van der Waals surface area contributed by atoms with Crippen LogP contribution in [-0.2, 0) is 6.61 Å². The smallest absolute Gasteiger partial charge is 0.252 e. The number of hydrogen-bond donors (Lipinski definition) is 1. The molecule has 0 aliphatic carbocycles. The molecule has 62 valence electrons. The quantitative estimate of drug-likeness (QED) is 0.741. The molecule has 1 N–H and O–H groups in total. The van der Waals surface area contributed by atoms with Crippen molar-refractivity contribution in [3.8, 4) is 11.5 Å². The largest absolute Gasteiger partial charge is 0.387 e. The van der Waals surface area contributed by atoms with Crippen LogP contribution >= 0.6 is 11.3 Å². The zero-order valence-electron chi connectivity index (χ0n) is 5.97. The van der Waals surface area contributed by atoms with Crippen molar-refractivity contribution in [3.63, 3.8) is 0 Å². The molecule has 0 spiro atoms. The zero-order chi connectivity index (χ0) is 8.39. The van der Waals surface area contributed by atoms with Crippen LogP contribution in [0.1, 0.15) is 5.89 Å². The van der Waals surface area contributed by atoms with Gasteiger partial charge >= 0.3 is 0 Å². The summed E-state index contributed by atoms with van der Waals surface area (Å²) >= 11 is 1.46. The predicted molar refractivity (Wildman–Crippen MR) is 41.3 cm³/mol. The van der Waals surface area contributed by atoms with Crippen LogP contribution < -0.4 is 0 Å². The normalized spacial score (nSPS) is 10.4. The first-order valence-corrected chi connectivity index (χ1v) is 4.16. The molecular weight excluding hydrogens is 178 g/mol. The third kappa shape index (κ3) is 1.21. The van der Waals surface area contributed by atoms with Crippen LogP contribution in [-0.4, -0.2) is 20.2 Å². The van der Waals surface area contributed by atoms with E-state index >= 15 is 0 Å². The van der Waals surface area contributed by atoms with Crippen molar-refractivity contribution in [1.29, 1.82) is 0 Å². The molecule has 0 unspecified atom stereocenters. The molecule has 2 aromatic heterocycles. The first-order chi connectivity index (χ1) is 5.90. The molecule has 2 heterocycles. The van der Waals surface area contributed by atoms with E-state index < -0.39 is 0 Å². The summed E-state index contributed by atoms with van der Waals surface area (Å²) in [5.41, 5.74) is 2.35. The highest BCUT2D eigenvalue weighted by Crippen LogP contribution is 2.14. The van der Waals surface area contributed by atoms with Gasteiger partial charge in [-0.2, -0.15) is 4.98 Å². The number of aliphatic hydroxyl groups is 1. The van der Waals surface area contributed by atoms with Crippen LogP contribution in [0.2, 0.25) is 0 Å². The number of aliphatic hydroxyl groups excluding tert-OH is 1. The van der Waals surface area contributed by atoms with Crippen LogP contribution in [0, 0.1) is 0 Å². The van der Waals surface area contributed by atoms with Crippen LogP contribution in [0.3, 0.4) is 0 Å². The van der Waals surface area contributed by atoms with Crippen molar-refractivity contribution >= 4 is 11.3 Å². The summed E-state index contributed by atoms with van der Waals surface area (Å²) in [6.45, 7) is -0.239. The third-order valence-corrected chi connectivity index (χ3v) is 1.85. The van der Waals surface area contributed by atoms with Gasteiger partial charge in [-0.25, -0.2) is 4.98 Å². The van der Waals surface area contributed by atoms with Crippen molar-refractivity contribution in [2.45, 2.75) is 6.61 Å². The molecule has 2 aromatic rings. The summed E-state index contributed by atoms with van der Waals surface area (Å²) in [5, 5.41) is 14.1. The molecule has 0 saturated carbocycles. The molecule has 0 radical (unpaired) electrons. The van der Waals surface area contributed by atoms with Gasteiger partial charge < -0.3 is 9.63 Å². The molecule has 0 saturated heterocycles. The standard InChI is InChI=1S/C6H5N3O2S/c10-1-5-8-6(9-11-5)4-2-12-3-7-4/h2-3,10H,1H2. The van der Waals surface area contributed by atoms with Crippen LogP contribution in [0.5, 0.6) is 0 Å². The van der Waals surface area contributed by atoms with Crippen molar-refractivity contribution in [2.75, 3.05) is 0 Å². The van der Waals surface area contributed by atoms with Gasteiger partial charge in [0, 0.05) is 5.38 Å². The second-order valence-electron chi connectivity index (χ2n) is 2.04. The van der Waals surface area contributed by atoms with E-state index in [4.69, 9.17) is 9.63 Å². The van der Waals surface area contributed by atoms with Gasteiger partial charge in [0.2, 0.25) is 5.82 Å². The van der Waals surface area contributed by atoms with Gasteiger partial charge in [0.25, 0.3) is 5.89 Å². The van der Waals surface area contributed by atoms with E-state index in [1.807, 2.05) is 5.38 Å². The van der Waals surface area contributed by atoms with E-state index in [0.717, 1.165) is 0 Å². The van der Waals surface area contributed by atoms with Crippen LogP contribution in [0.15, 0.2) is 15.4 Å². The Bertz CT molecular complexity index is 357. The fourth-order valence-corrected chi connectivity index (χ4v) is 1.28. The monoisotopic (exact) mass is 183 g/mol. The Labute approximate surface area is 71.7 Å². The van der Waals surface area contributed by atoms with Crippen molar-refractivity contribution in [1.82, 2.24) is 15.1 Å². The lowest BCUT2D eigenvalue weighted by Crippen LogP contribution is -1.82. The summed E-state index contributed by atoms with van der Waals surface area (Å²) in [5.74, 6) is 0.623. The van der Waals surface area contributed by atoms with Crippen LogP contribution in [0.25, 0.3) is 11.5 Å². The highest BCUT2D eigenvalue weighted by Gasteiger charge is 2.08. The average molecular weight is 183 g/mol. The molecule has 0 aliphatic heterocycles. The highest BCUT2D eigenvalue weighted by atomic mass is 32.1. The third-order valence-electron chi connectivity index (χ3n) is 1.26. The van der Waals surface area contributed by atoms with Gasteiger partial charge in [0.1, 0.15) is 12.3 Å². The van der Waals surface area contributed by atoms with Crippen molar-refractivity contribution in [3.05, 3.63) is 16.8 Å². The molecule has 0 aromatic carbocycles. The zero-order valence-corrected chi connectivity index (χ0v) is 6.78. The van der Waals surface area contributed by atoms with Gasteiger partial charge in [-0.1, -0.05) is 5.16 Å². The minimum absolute atomic E-state index is 0.206.